The van der Waals surface area contributed by atoms with Gasteiger partial charge in [-0.25, -0.2) is 4.79 Å². The molecule has 0 saturated carbocycles. The Morgan fingerprint density at radius 3 is 1.76 bits per heavy atom. The van der Waals surface area contributed by atoms with Crippen LogP contribution in [0.4, 0.5) is 5.69 Å². The second-order valence-corrected chi connectivity index (χ2v) is 6.48. The fourth-order valence-electron chi connectivity index (χ4n) is 3.14. The van der Waals surface area contributed by atoms with Gasteiger partial charge < -0.3 is 10.1 Å². The van der Waals surface area contributed by atoms with Crippen LogP contribution < -0.4 is 5.32 Å². The molecule has 0 unspecified atom stereocenters. The minimum Gasteiger partial charge on any atom is -0.459 e. The molecule has 0 aliphatic heterocycles. The van der Waals surface area contributed by atoms with Gasteiger partial charge in [0.1, 0.15) is 0 Å². The zero-order valence-corrected chi connectivity index (χ0v) is 16.5. The summed E-state index contributed by atoms with van der Waals surface area (Å²) in [6, 6.07) is 27.9. The summed E-state index contributed by atoms with van der Waals surface area (Å²) in [7, 11) is 0. The number of allylic oxidation sites excluding steroid dienone is 1. The highest BCUT2D eigenvalue weighted by atomic mass is 16.5. The third-order valence-electron chi connectivity index (χ3n) is 4.54. The molecule has 3 aromatic rings. The van der Waals surface area contributed by atoms with Crippen molar-refractivity contribution in [2.45, 2.75) is 13.8 Å². The summed E-state index contributed by atoms with van der Waals surface area (Å²) in [6.07, 6.45) is 0. The van der Waals surface area contributed by atoms with E-state index >= 15 is 0 Å². The van der Waals surface area contributed by atoms with Crippen molar-refractivity contribution in [3.8, 4) is 0 Å². The van der Waals surface area contributed by atoms with Crippen LogP contribution in [0.25, 0.3) is 11.1 Å². The lowest BCUT2D eigenvalue weighted by molar-refractivity contribution is -0.152. The first-order valence-corrected chi connectivity index (χ1v) is 9.50. The molecular weight excluding hydrogens is 362 g/mol. The Hall–Kier alpha value is -3.66. The monoisotopic (exact) mass is 385 g/mol. The number of benzene rings is 3. The largest absolute Gasteiger partial charge is 0.459 e. The van der Waals surface area contributed by atoms with E-state index in [1.165, 1.54) is 0 Å². The standard InChI is InChI=1S/C25H23NO3/c1-3-29-25(28)24(27)26-22-16-14-19(15-17-22)18(2)23(20-10-6-4-7-11-20)21-12-8-5-9-13-21/h4-17H,3H2,1-2H3,(H,26,27). The Labute approximate surface area is 170 Å². The number of amides is 1. The summed E-state index contributed by atoms with van der Waals surface area (Å²) in [6.45, 7) is 3.91. The number of nitrogens with one attached hydrogen (secondary N) is 1. The van der Waals surface area contributed by atoms with Gasteiger partial charge in [0.25, 0.3) is 0 Å². The minimum atomic E-state index is -0.886. The fourth-order valence-corrected chi connectivity index (χ4v) is 3.14. The van der Waals surface area contributed by atoms with Crippen LogP contribution in [0, 0.1) is 0 Å². The molecule has 0 fully saturated rings. The van der Waals surface area contributed by atoms with Gasteiger partial charge in [-0.15, -0.1) is 0 Å². The fraction of sp³-hybridized carbons (Fsp3) is 0.120. The van der Waals surface area contributed by atoms with Crippen LogP contribution in [0.1, 0.15) is 30.5 Å². The summed E-state index contributed by atoms with van der Waals surface area (Å²) >= 11 is 0. The maximum absolute atomic E-state index is 11.8. The average Bonchev–Trinajstić information content (AvgIpc) is 2.76. The Kier molecular flexibility index (Phi) is 6.59. The van der Waals surface area contributed by atoms with Crippen LogP contribution in [0.15, 0.2) is 84.9 Å². The molecule has 29 heavy (non-hydrogen) atoms. The number of carbonyl (C=O) groups excluding carboxylic acids is 2. The van der Waals surface area contributed by atoms with Crippen molar-refractivity contribution in [2.24, 2.45) is 0 Å². The Morgan fingerprint density at radius 2 is 1.28 bits per heavy atom. The van der Waals surface area contributed by atoms with E-state index < -0.39 is 11.9 Å². The molecule has 146 valence electrons. The van der Waals surface area contributed by atoms with E-state index in [-0.39, 0.29) is 6.61 Å². The van der Waals surface area contributed by atoms with Crippen molar-refractivity contribution in [2.75, 3.05) is 11.9 Å². The van der Waals surface area contributed by atoms with Crippen molar-refractivity contribution in [3.05, 3.63) is 102 Å². The number of esters is 1. The Bertz CT molecular complexity index is 965. The maximum atomic E-state index is 11.8. The molecule has 0 atom stereocenters. The normalized spacial score (nSPS) is 10.1. The molecule has 3 aromatic carbocycles. The number of anilines is 1. The predicted octanol–water partition coefficient (Wildman–Crippen LogP) is 5.17. The van der Waals surface area contributed by atoms with Crippen LogP contribution in [-0.2, 0) is 14.3 Å². The van der Waals surface area contributed by atoms with Gasteiger partial charge >= 0.3 is 11.9 Å². The Morgan fingerprint density at radius 1 is 0.759 bits per heavy atom. The van der Waals surface area contributed by atoms with Crippen molar-refractivity contribution in [1.82, 2.24) is 0 Å². The van der Waals surface area contributed by atoms with Gasteiger partial charge in [-0.1, -0.05) is 72.8 Å². The lowest BCUT2D eigenvalue weighted by atomic mass is 9.90. The second-order valence-electron chi connectivity index (χ2n) is 6.48. The van der Waals surface area contributed by atoms with Gasteiger partial charge in [0.2, 0.25) is 0 Å². The second kappa shape index (κ2) is 9.51. The van der Waals surface area contributed by atoms with Gasteiger partial charge in [-0.3, -0.25) is 4.79 Å². The van der Waals surface area contributed by atoms with Gasteiger partial charge in [-0.2, -0.15) is 0 Å². The van der Waals surface area contributed by atoms with Crippen molar-refractivity contribution in [1.29, 1.82) is 0 Å². The van der Waals surface area contributed by atoms with E-state index in [4.69, 9.17) is 4.74 Å². The van der Waals surface area contributed by atoms with E-state index in [9.17, 15) is 9.59 Å². The van der Waals surface area contributed by atoms with E-state index in [2.05, 4.69) is 36.5 Å². The van der Waals surface area contributed by atoms with E-state index in [0.29, 0.717) is 5.69 Å². The quantitative estimate of drug-likeness (QED) is 0.375. The lowest BCUT2D eigenvalue weighted by Crippen LogP contribution is -2.24. The predicted molar refractivity (Wildman–Crippen MR) is 116 cm³/mol. The summed E-state index contributed by atoms with van der Waals surface area (Å²) in [5.74, 6) is -1.66. The van der Waals surface area contributed by atoms with Crippen LogP contribution in [0.2, 0.25) is 0 Å². The third kappa shape index (κ3) is 4.99. The smallest absolute Gasteiger partial charge is 0.397 e. The molecule has 3 rings (SSSR count). The highest BCUT2D eigenvalue weighted by molar-refractivity contribution is 6.37. The Balaban J connectivity index is 1.93. The van der Waals surface area contributed by atoms with Gasteiger partial charge in [0, 0.05) is 5.69 Å². The molecule has 0 aromatic heterocycles. The maximum Gasteiger partial charge on any atom is 0.397 e. The van der Waals surface area contributed by atoms with Crippen LogP contribution in [-0.4, -0.2) is 18.5 Å². The van der Waals surface area contributed by atoms with Gasteiger partial charge in [-0.05, 0) is 53.8 Å². The van der Waals surface area contributed by atoms with Crippen LogP contribution >= 0.6 is 0 Å². The van der Waals surface area contributed by atoms with E-state index in [1.807, 2.05) is 48.5 Å². The lowest BCUT2D eigenvalue weighted by Gasteiger charge is -2.14. The molecule has 0 spiro atoms. The summed E-state index contributed by atoms with van der Waals surface area (Å²) < 4.78 is 4.71. The first kappa shape index (κ1) is 20.1. The van der Waals surface area contributed by atoms with Gasteiger partial charge in [0.05, 0.1) is 6.61 Å². The highest BCUT2D eigenvalue weighted by Crippen LogP contribution is 2.32. The third-order valence-corrected chi connectivity index (χ3v) is 4.54. The number of hydrogen-bond acceptors (Lipinski definition) is 3. The molecule has 0 aliphatic rings. The molecule has 0 radical (unpaired) electrons. The van der Waals surface area contributed by atoms with Crippen molar-refractivity contribution in [3.63, 3.8) is 0 Å². The highest BCUT2D eigenvalue weighted by Gasteiger charge is 2.15. The zero-order valence-electron chi connectivity index (χ0n) is 16.5. The molecule has 4 heteroatoms. The molecule has 0 heterocycles. The number of ether oxygens (including phenoxy) is 1. The minimum absolute atomic E-state index is 0.164. The first-order valence-electron chi connectivity index (χ1n) is 9.50. The summed E-state index contributed by atoms with van der Waals surface area (Å²) in [5, 5.41) is 2.56. The van der Waals surface area contributed by atoms with Crippen molar-refractivity contribution >= 4 is 28.7 Å². The molecule has 0 aliphatic carbocycles. The average molecular weight is 385 g/mol. The first-order chi connectivity index (χ1) is 14.1. The molecule has 1 N–H and O–H groups in total. The SMILES string of the molecule is CCOC(=O)C(=O)Nc1ccc(C(C)=C(c2ccccc2)c2ccccc2)cc1. The summed E-state index contributed by atoms with van der Waals surface area (Å²) in [5.41, 5.74) is 6.11. The molecular formula is C25H23NO3. The topological polar surface area (TPSA) is 55.4 Å². The zero-order chi connectivity index (χ0) is 20.6. The van der Waals surface area contributed by atoms with Crippen LogP contribution in [0.5, 0.6) is 0 Å². The molecule has 1 amide bonds. The summed E-state index contributed by atoms with van der Waals surface area (Å²) in [4.78, 5) is 23.3. The van der Waals surface area contributed by atoms with Crippen molar-refractivity contribution < 1.29 is 14.3 Å². The van der Waals surface area contributed by atoms with Crippen LogP contribution in [0.3, 0.4) is 0 Å². The number of hydrogen-bond donors (Lipinski definition) is 1. The molecule has 0 saturated heterocycles. The molecule has 4 nitrogen and oxygen atoms in total. The number of carbonyl (C=O) groups is 2. The van der Waals surface area contributed by atoms with Gasteiger partial charge in [0.15, 0.2) is 0 Å². The van der Waals surface area contributed by atoms with E-state index in [0.717, 1.165) is 27.8 Å². The number of rotatable bonds is 5. The molecule has 0 bridgehead atoms. The van der Waals surface area contributed by atoms with E-state index in [1.54, 1.807) is 19.1 Å².